The van der Waals surface area contributed by atoms with Gasteiger partial charge in [-0.2, -0.15) is 0 Å². The van der Waals surface area contributed by atoms with Crippen molar-refractivity contribution in [2.45, 2.75) is 10.8 Å². The quantitative estimate of drug-likeness (QED) is 0.542. The molecule has 0 saturated heterocycles. The van der Waals surface area contributed by atoms with Crippen molar-refractivity contribution in [1.29, 1.82) is 0 Å². The topological polar surface area (TPSA) is 12.9 Å². The summed E-state index contributed by atoms with van der Waals surface area (Å²) in [7, 11) is 0. The largest absolute Gasteiger partial charge is 0.249 e. The molecule has 1 nitrogen and oxygen atoms in total. The van der Waals surface area contributed by atoms with Gasteiger partial charge in [-0.05, 0) is 6.92 Å². The van der Waals surface area contributed by atoms with Crippen molar-refractivity contribution in [3.05, 3.63) is 16.6 Å². The van der Waals surface area contributed by atoms with Crippen molar-refractivity contribution in [1.82, 2.24) is 4.98 Å². The monoisotopic (exact) mass is 239 g/mol. The highest BCUT2D eigenvalue weighted by molar-refractivity contribution is 14.1. The molecule has 0 saturated carbocycles. The van der Waals surface area contributed by atoms with Crippen molar-refractivity contribution in [3.63, 3.8) is 0 Å². The highest BCUT2D eigenvalue weighted by Crippen LogP contribution is 2.23. The van der Waals surface area contributed by atoms with Gasteiger partial charge in [0, 0.05) is 11.6 Å². The molecule has 0 unspecified atom stereocenters. The molecular weight excluding hydrogens is 233 g/mol. The summed E-state index contributed by atoms with van der Waals surface area (Å²) in [6, 6.07) is 0. The van der Waals surface area contributed by atoms with E-state index in [1.165, 1.54) is 5.01 Å². The zero-order chi connectivity index (χ0) is 5.98. The zero-order valence-corrected chi connectivity index (χ0v) is 7.44. The minimum absolute atomic E-state index is 0.563. The van der Waals surface area contributed by atoms with Crippen LogP contribution in [-0.4, -0.2) is 4.98 Å². The Bertz CT molecular complexity index is 147. The molecule has 0 spiro atoms. The van der Waals surface area contributed by atoms with Crippen molar-refractivity contribution in [3.8, 4) is 0 Å². The molecule has 44 valence electrons. The van der Waals surface area contributed by atoms with Crippen LogP contribution in [0.15, 0.2) is 11.6 Å². The third-order valence-corrected chi connectivity index (χ3v) is 2.76. The summed E-state index contributed by atoms with van der Waals surface area (Å²) >= 11 is 4.07. The lowest BCUT2D eigenvalue weighted by Crippen LogP contribution is -1.77. The molecule has 0 aliphatic carbocycles. The maximum absolute atomic E-state index is 4.13. The van der Waals surface area contributed by atoms with Gasteiger partial charge in [-0.15, -0.1) is 11.3 Å². The summed E-state index contributed by atoms with van der Waals surface area (Å²) in [5, 5.41) is 3.22. The van der Waals surface area contributed by atoms with E-state index < -0.39 is 0 Å². The first-order valence-electron chi connectivity index (χ1n) is 2.34. The second-order valence-electron chi connectivity index (χ2n) is 1.49. The van der Waals surface area contributed by atoms with E-state index in [9.17, 15) is 0 Å². The Balaban J connectivity index is 2.77. The van der Waals surface area contributed by atoms with Gasteiger partial charge in [0.1, 0.15) is 5.01 Å². The molecule has 0 bridgehead atoms. The summed E-state index contributed by atoms with van der Waals surface area (Å²) in [4.78, 5) is 4.13. The van der Waals surface area contributed by atoms with Crippen LogP contribution in [0, 0.1) is 0 Å². The van der Waals surface area contributed by atoms with Gasteiger partial charge in [-0.25, -0.2) is 4.98 Å². The fourth-order valence-corrected chi connectivity index (χ4v) is 1.60. The molecule has 0 aliphatic rings. The minimum atomic E-state index is 0.563. The second-order valence-corrected chi connectivity index (χ2v) is 4.28. The predicted octanol–water partition coefficient (Wildman–Crippen LogP) is 2.64. The summed E-state index contributed by atoms with van der Waals surface area (Å²) in [5.41, 5.74) is 0. The van der Waals surface area contributed by atoms with E-state index >= 15 is 0 Å². The maximum atomic E-state index is 4.13. The summed E-state index contributed by atoms with van der Waals surface area (Å²) < 4.78 is 0.563. The molecule has 0 amide bonds. The summed E-state index contributed by atoms with van der Waals surface area (Å²) in [6.07, 6.45) is 1.84. The van der Waals surface area contributed by atoms with Crippen molar-refractivity contribution in [2.75, 3.05) is 0 Å². The molecule has 0 N–H and O–H groups in total. The second kappa shape index (κ2) is 2.77. The highest BCUT2D eigenvalue weighted by atomic mass is 127. The van der Waals surface area contributed by atoms with Crippen LogP contribution in [0.3, 0.4) is 0 Å². The number of nitrogens with zero attached hydrogens (tertiary/aromatic N) is 1. The molecule has 3 heteroatoms. The van der Waals surface area contributed by atoms with Crippen molar-refractivity contribution in [2.24, 2.45) is 0 Å². The normalized spacial score (nSPS) is 13.8. The van der Waals surface area contributed by atoms with E-state index in [1.807, 2.05) is 11.6 Å². The van der Waals surface area contributed by atoms with Gasteiger partial charge in [-0.1, -0.05) is 22.6 Å². The minimum Gasteiger partial charge on any atom is -0.249 e. The van der Waals surface area contributed by atoms with Gasteiger partial charge in [0.25, 0.3) is 0 Å². The smallest absolute Gasteiger partial charge is 0.105 e. The first-order chi connectivity index (χ1) is 3.80. The van der Waals surface area contributed by atoms with E-state index in [-0.39, 0.29) is 0 Å². The number of rotatable bonds is 1. The van der Waals surface area contributed by atoms with Crippen LogP contribution < -0.4 is 0 Å². The number of halogens is 1. The van der Waals surface area contributed by atoms with E-state index in [1.54, 1.807) is 11.3 Å². The summed E-state index contributed by atoms with van der Waals surface area (Å²) in [6.45, 7) is 2.14. The first kappa shape index (κ1) is 6.48. The lowest BCUT2D eigenvalue weighted by Gasteiger charge is -1.91. The SMILES string of the molecule is C[C@@H](I)c1nccs1. The standard InChI is InChI=1S/C5H6INS/c1-4(6)5-7-2-3-8-5/h2-4H,1H3/t4-/m1/s1. The van der Waals surface area contributed by atoms with E-state index in [4.69, 9.17) is 0 Å². The van der Waals surface area contributed by atoms with Crippen LogP contribution in [-0.2, 0) is 0 Å². The predicted molar refractivity (Wildman–Crippen MR) is 44.5 cm³/mol. The van der Waals surface area contributed by atoms with Crippen molar-refractivity contribution < 1.29 is 0 Å². The van der Waals surface area contributed by atoms with Crippen LogP contribution in [0.5, 0.6) is 0 Å². The first-order valence-corrected chi connectivity index (χ1v) is 4.46. The Hall–Kier alpha value is 0.360. The van der Waals surface area contributed by atoms with Gasteiger partial charge >= 0.3 is 0 Å². The summed E-state index contributed by atoms with van der Waals surface area (Å²) in [5.74, 6) is 0. The van der Waals surface area contributed by atoms with Gasteiger partial charge < -0.3 is 0 Å². The molecule has 0 fully saturated rings. The van der Waals surface area contributed by atoms with Crippen LogP contribution in [0.25, 0.3) is 0 Å². The molecule has 1 rings (SSSR count). The van der Waals surface area contributed by atoms with E-state index in [0.29, 0.717) is 3.92 Å². The molecule has 1 atom stereocenters. The molecule has 0 radical (unpaired) electrons. The van der Waals surface area contributed by atoms with Gasteiger partial charge in [0.2, 0.25) is 0 Å². The zero-order valence-electron chi connectivity index (χ0n) is 4.47. The number of thiazole rings is 1. The molecule has 8 heavy (non-hydrogen) atoms. The fraction of sp³-hybridized carbons (Fsp3) is 0.400. The van der Waals surface area contributed by atoms with Crippen LogP contribution in [0.4, 0.5) is 0 Å². The Labute approximate surface area is 66.3 Å². The average molecular weight is 239 g/mol. The molecule has 1 heterocycles. The highest BCUT2D eigenvalue weighted by Gasteiger charge is 1.99. The Morgan fingerprint density at radius 1 is 1.88 bits per heavy atom. The lowest BCUT2D eigenvalue weighted by atomic mass is 10.5. The number of hydrogen-bond donors (Lipinski definition) is 0. The van der Waals surface area contributed by atoms with Gasteiger partial charge in [0.15, 0.2) is 0 Å². The molecule has 0 aliphatic heterocycles. The third kappa shape index (κ3) is 1.42. The fourth-order valence-electron chi connectivity index (χ4n) is 0.431. The van der Waals surface area contributed by atoms with Gasteiger partial charge in [0.05, 0.1) is 3.92 Å². The third-order valence-electron chi connectivity index (χ3n) is 0.792. The van der Waals surface area contributed by atoms with E-state index in [0.717, 1.165) is 0 Å². The van der Waals surface area contributed by atoms with Crippen LogP contribution >= 0.6 is 33.9 Å². The van der Waals surface area contributed by atoms with Gasteiger partial charge in [-0.3, -0.25) is 0 Å². The lowest BCUT2D eigenvalue weighted by molar-refractivity contribution is 1.10. The van der Waals surface area contributed by atoms with Crippen LogP contribution in [0.2, 0.25) is 0 Å². The molecule has 0 aromatic carbocycles. The van der Waals surface area contributed by atoms with Crippen LogP contribution in [0.1, 0.15) is 15.9 Å². The Kier molecular flexibility index (Phi) is 2.25. The number of alkyl halides is 1. The average Bonchev–Trinajstić information content (AvgIpc) is 2.12. The number of aromatic nitrogens is 1. The Morgan fingerprint density at radius 3 is 2.88 bits per heavy atom. The maximum Gasteiger partial charge on any atom is 0.105 e. The van der Waals surface area contributed by atoms with Crippen molar-refractivity contribution >= 4 is 33.9 Å². The van der Waals surface area contributed by atoms with E-state index in [2.05, 4.69) is 34.5 Å². The molecule has 1 aromatic heterocycles. The molecular formula is C5H6INS. The Morgan fingerprint density at radius 2 is 2.62 bits per heavy atom. The number of hydrogen-bond acceptors (Lipinski definition) is 2. The molecule has 1 aromatic rings.